The van der Waals surface area contributed by atoms with Crippen LogP contribution in [-0.4, -0.2) is 27.4 Å². The maximum absolute atomic E-state index is 11.6. The van der Waals surface area contributed by atoms with Crippen molar-refractivity contribution < 1.29 is 15.0 Å². The number of aromatic nitrogens is 1. The fourth-order valence-electron chi connectivity index (χ4n) is 2.49. The van der Waals surface area contributed by atoms with Gasteiger partial charge in [0.05, 0.1) is 17.7 Å². The standard InChI is InChI=1S/C16H21NO3/c1-10-9-17(5-6-18)14-12(10)7-11(16(2,3)4)8-13(14)15(19)20/h7-9,18H,5-6H2,1-4H3,(H,19,20). The van der Waals surface area contributed by atoms with Crippen LogP contribution in [0.2, 0.25) is 0 Å². The Morgan fingerprint density at radius 1 is 1.30 bits per heavy atom. The van der Waals surface area contributed by atoms with E-state index in [1.54, 1.807) is 6.07 Å². The van der Waals surface area contributed by atoms with Gasteiger partial charge in [-0.05, 0) is 35.6 Å². The van der Waals surface area contributed by atoms with Gasteiger partial charge in [0.1, 0.15) is 0 Å². The van der Waals surface area contributed by atoms with Gasteiger partial charge in [-0.1, -0.05) is 20.8 Å². The second kappa shape index (κ2) is 4.94. The lowest BCUT2D eigenvalue weighted by molar-refractivity contribution is 0.0698. The minimum absolute atomic E-state index is 0.0106. The highest BCUT2D eigenvalue weighted by atomic mass is 16.4. The van der Waals surface area contributed by atoms with E-state index in [4.69, 9.17) is 5.11 Å². The van der Waals surface area contributed by atoms with Crippen molar-refractivity contribution in [2.45, 2.75) is 39.7 Å². The number of carboxylic acids is 1. The van der Waals surface area contributed by atoms with E-state index in [1.807, 2.05) is 17.7 Å². The molecule has 4 heteroatoms. The van der Waals surface area contributed by atoms with Crippen molar-refractivity contribution in [3.05, 3.63) is 35.0 Å². The molecule has 2 N–H and O–H groups in total. The number of hydrogen-bond donors (Lipinski definition) is 2. The van der Waals surface area contributed by atoms with Crippen molar-refractivity contribution in [2.24, 2.45) is 0 Å². The van der Waals surface area contributed by atoms with Crippen LogP contribution < -0.4 is 0 Å². The van der Waals surface area contributed by atoms with Gasteiger partial charge in [0.2, 0.25) is 0 Å². The molecule has 2 rings (SSSR count). The van der Waals surface area contributed by atoms with E-state index < -0.39 is 5.97 Å². The van der Waals surface area contributed by atoms with Gasteiger partial charge in [-0.15, -0.1) is 0 Å². The molecule has 1 aromatic carbocycles. The number of aliphatic hydroxyl groups is 1. The van der Waals surface area contributed by atoms with Gasteiger partial charge in [-0.3, -0.25) is 0 Å². The molecule has 0 saturated carbocycles. The molecule has 0 radical (unpaired) electrons. The molecular formula is C16H21NO3. The summed E-state index contributed by atoms with van der Waals surface area (Å²) in [5, 5.41) is 19.6. The van der Waals surface area contributed by atoms with Crippen LogP contribution in [0.3, 0.4) is 0 Å². The number of fused-ring (bicyclic) bond motifs is 1. The summed E-state index contributed by atoms with van der Waals surface area (Å²) in [5.41, 5.74) is 2.92. The van der Waals surface area contributed by atoms with Crippen molar-refractivity contribution in [1.29, 1.82) is 0 Å². The summed E-state index contributed by atoms with van der Waals surface area (Å²) in [7, 11) is 0. The Morgan fingerprint density at radius 2 is 1.95 bits per heavy atom. The van der Waals surface area contributed by atoms with Gasteiger partial charge in [-0.2, -0.15) is 0 Å². The molecule has 0 spiro atoms. The maximum atomic E-state index is 11.6. The Balaban J connectivity index is 2.84. The average Bonchev–Trinajstić information content (AvgIpc) is 2.65. The molecule has 20 heavy (non-hydrogen) atoms. The Hall–Kier alpha value is -1.81. The predicted molar refractivity (Wildman–Crippen MR) is 79.4 cm³/mol. The minimum Gasteiger partial charge on any atom is -0.478 e. The van der Waals surface area contributed by atoms with E-state index in [9.17, 15) is 9.90 Å². The zero-order valence-corrected chi connectivity index (χ0v) is 12.4. The smallest absolute Gasteiger partial charge is 0.337 e. The van der Waals surface area contributed by atoms with Gasteiger partial charge in [0.15, 0.2) is 0 Å². The summed E-state index contributed by atoms with van der Waals surface area (Å²) < 4.78 is 1.82. The monoisotopic (exact) mass is 275 g/mol. The number of nitrogens with zero attached hydrogens (tertiary/aromatic N) is 1. The van der Waals surface area contributed by atoms with Crippen molar-refractivity contribution in [3.8, 4) is 0 Å². The van der Waals surface area contributed by atoms with Crippen LogP contribution in [0.1, 0.15) is 42.3 Å². The van der Waals surface area contributed by atoms with Gasteiger partial charge in [-0.25, -0.2) is 4.79 Å². The molecule has 2 aromatic rings. The first kappa shape index (κ1) is 14.6. The summed E-state index contributed by atoms with van der Waals surface area (Å²) in [6.07, 6.45) is 1.90. The molecule has 0 amide bonds. The molecular weight excluding hydrogens is 254 g/mol. The Labute approximate surface area is 118 Å². The number of rotatable bonds is 3. The van der Waals surface area contributed by atoms with Crippen LogP contribution in [0.25, 0.3) is 10.9 Å². The summed E-state index contributed by atoms with van der Waals surface area (Å²) >= 11 is 0. The van der Waals surface area contributed by atoms with Crippen LogP contribution in [0.15, 0.2) is 18.3 Å². The molecule has 4 nitrogen and oxygen atoms in total. The fourth-order valence-corrected chi connectivity index (χ4v) is 2.49. The largest absolute Gasteiger partial charge is 0.478 e. The highest BCUT2D eigenvalue weighted by Crippen LogP contribution is 2.31. The average molecular weight is 275 g/mol. The molecule has 1 heterocycles. The number of carboxylic acid groups (broad SMARTS) is 1. The lowest BCUT2D eigenvalue weighted by Crippen LogP contribution is -2.13. The third kappa shape index (κ3) is 2.43. The van der Waals surface area contributed by atoms with Crippen LogP contribution in [0.5, 0.6) is 0 Å². The quantitative estimate of drug-likeness (QED) is 0.905. The molecule has 0 saturated heterocycles. The van der Waals surface area contributed by atoms with Crippen molar-refractivity contribution >= 4 is 16.9 Å². The Bertz CT molecular complexity index is 662. The molecule has 0 aliphatic carbocycles. The van der Waals surface area contributed by atoms with Crippen molar-refractivity contribution in [2.75, 3.05) is 6.61 Å². The molecule has 108 valence electrons. The first-order valence-electron chi connectivity index (χ1n) is 6.74. The van der Waals surface area contributed by atoms with Gasteiger partial charge >= 0.3 is 5.97 Å². The van der Waals surface area contributed by atoms with Crippen LogP contribution in [0, 0.1) is 6.92 Å². The summed E-state index contributed by atoms with van der Waals surface area (Å²) in [4.78, 5) is 11.6. The van der Waals surface area contributed by atoms with E-state index in [0.717, 1.165) is 16.5 Å². The van der Waals surface area contributed by atoms with Gasteiger partial charge in [0.25, 0.3) is 0 Å². The van der Waals surface area contributed by atoms with Crippen molar-refractivity contribution in [3.63, 3.8) is 0 Å². The summed E-state index contributed by atoms with van der Waals surface area (Å²) in [6, 6.07) is 3.81. The second-order valence-corrected chi connectivity index (χ2v) is 6.20. The topological polar surface area (TPSA) is 62.5 Å². The van der Waals surface area contributed by atoms with Crippen LogP contribution in [0.4, 0.5) is 0 Å². The third-order valence-electron chi connectivity index (χ3n) is 3.61. The lowest BCUT2D eigenvalue weighted by atomic mass is 9.85. The normalized spacial score (nSPS) is 12.1. The molecule has 0 aliphatic rings. The van der Waals surface area contributed by atoms with E-state index >= 15 is 0 Å². The molecule has 1 aromatic heterocycles. The third-order valence-corrected chi connectivity index (χ3v) is 3.61. The lowest BCUT2D eigenvalue weighted by Gasteiger charge is -2.20. The number of aromatic carboxylic acids is 1. The number of benzene rings is 1. The fraction of sp³-hybridized carbons (Fsp3) is 0.438. The Morgan fingerprint density at radius 3 is 2.45 bits per heavy atom. The molecule has 0 unspecified atom stereocenters. The number of hydrogen-bond acceptors (Lipinski definition) is 2. The first-order chi connectivity index (χ1) is 9.25. The molecule has 0 aliphatic heterocycles. The van der Waals surface area contributed by atoms with Gasteiger partial charge < -0.3 is 14.8 Å². The van der Waals surface area contributed by atoms with E-state index in [2.05, 4.69) is 26.8 Å². The number of aliphatic hydroxyl groups excluding tert-OH is 1. The molecule has 0 atom stereocenters. The highest BCUT2D eigenvalue weighted by Gasteiger charge is 2.21. The first-order valence-corrected chi connectivity index (χ1v) is 6.74. The Kier molecular flexibility index (Phi) is 3.61. The zero-order valence-electron chi connectivity index (χ0n) is 12.4. The SMILES string of the molecule is Cc1cn(CCO)c2c(C(=O)O)cc(C(C)(C)C)cc12. The van der Waals surface area contributed by atoms with Crippen molar-refractivity contribution in [1.82, 2.24) is 4.57 Å². The summed E-state index contributed by atoms with van der Waals surface area (Å²) in [5.74, 6) is -0.932. The minimum atomic E-state index is -0.932. The predicted octanol–water partition coefficient (Wildman–Crippen LogP) is 2.94. The number of aryl methyl sites for hydroxylation is 1. The van der Waals surface area contributed by atoms with E-state index in [-0.39, 0.29) is 12.0 Å². The second-order valence-electron chi connectivity index (χ2n) is 6.20. The molecule has 0 bridgehead atoms. The molecule has 0 fully saturated rings. The highest BCUT2D eigenvalue weighted by molar-refractivity contribution is 6.04. The van der Waals surface area contributed by atoms with Crippen LogP contribution in [-0.2, 0) is 12.0 Å². The summed E-state index contributed by atoms with van der Waals surface area (Å²) in [6.45, 7) is 8.57. The van der Waals surface area contributed by atoms with Gasteiger partial charge in [0, 0.05) is 18.1 Å². The van der Waals surface area contributed by atoms with Crippen LogP contribution >= 0.6 is 0 Å². The van der Waals surface area contributed by atoms with E-state index in [1.165, 1.54) is 0 Å². The van der Waals surface area contributed by atoms with E-state index in [0.29, 0.717) is 17.6 Å². The maximum Gasteiger partial charge on any atom is 0.337 e. The number of carbonyl (C=O) groups is 1. The zero-order chi connectivity index (χ0) is 15.1.